The second-order valence-corrected chi connectivity index (χ2v) is 4.37. The molecule has 0 saturated heterocycles. The Labute approximate surface area is 67.8 Å². The molecule has 0 N–H and O–H groups in total. The smallest absolute Gasteiger partial charge is 0.147 e. The molecular formula is C8H15ClO. The maximum atomic E-state index is 10.7. The predicted octanol–water partition coefficient (Wildman–Crippen LogP) is 2.62. The lowest BCUT2D eigenvalue weighted by Gasteiger charge is -2.19. The Hall–Kier alpha value is -0.0400. The standard InChI is InChI=1S/C8H15ClO/c1-6(10)7(9)5-8(2,3)4/h7H,5H2,1-4H3. The molecule has 0 aromatic heterocycles. The first-order valence-corrected chi connectivity index (χ1v) is 3.91. The van der Waals surface area contributed by atoms with E-state index in [2.05, 4.69) is 20.8 Å². The Morgan fingerprint density at radius 3 is 2.00 bits per heavy atom. The number of carbonyl (C=O) groups is 1. The fraction of sp³-hybridized carbons (Fsp3) is 0.875. The van der Waals surface area contributed by atoms with Crippen LogP contribution >= 0.6 is 11.6 Å². The minimum Gasteiger partial charge on any atom is -0.298 e. The molecule has 0 aliphatic rings. The molecule has 1 atom stereocenters. The summed E-state index contributed by atoms with van der Waals surface area (Å²) in [5.74, 6) is 0.0663. The highest BCUT2D eigenvalue weighted by molar-refractivity contribution is 6.30. The van der Waals surface area contributed by atoms with Crippen LogP contribution in [0, 0.1) is 5.41 Å². The van der Waals surface area contributed by atoms with Crippen molar-refractivity contribution in [3.63, 3.8) is 0 Å². The summed E-state index contributed by atoms with van der Waals surface area (Å²) in [5, 5.41) is -0.306. The highest BCUT2D eigenvalue weighted by Crippen LogP contribution is 2.23. The second kappa shape index (κ2) is 3.38. The van der Waals surface area contributed by atoms with E-state index in [1.165, 1.54) is 6.92 Å². The van der Waals surface area contributed by atoms with Crippen molar-refractivity contribution >= 4 is 17.4 Å². The molecule has 10 heavy (non-hydrogen) atoms. The van der Waals surface area contributed by atoms with Crippen LogP contribution in [0.1, 0.15) is 34.1 Å². The summed E-state index contributed by atoms with van der Waals surface area (Å²) in [5.41, 5.74) is 0.151. The Bertz CT molecular complexity index is 124. The summed E-state index contributed by atoms with van der Waals surface area (Å²) in [6.07, 6.45) is 0.754. The van der Waals surface area contributed by atoms with Crippen LogP contribution in [0.2, 0.25) is 0 Å². The molecule has 60 valence electrons. The van der Waals surface area contributed by atoms with Crippen molar-refractivity contribution in [2.24, 2.45) is 5.41 Å². The van der Waals surface area contributed by atoms with Crippen LogP contribution in [0.5, 0.6) is 0 Å². The first-order valence-electron chi connectivity index (χ1n) is 3.47. The summed E-state index contributed by atoms with van der Waals surface area (Å²) in [6.45, 7) is 7.76. The van der Waals surface area contributed by atoms with Crippen LogP contribution in [-0.4, -0.2) is 11.2 Å². The number of hydrogen-bond donors (Lipinski definition) is 0. The average Bonchev–Trinajstić information content (AvgIpc) is 1.60. The van der Waals surface area contributed by atoms with E-state index in [0.29, 0.717) is 0 Å². The van der Waals surface area contributed by atoms with Crippen molar-refractivity contribution < 1.29 is 4.79 Å². The maximum Gasteiger partial charge on any atom is 0.147 e. The van der Waals surface area contributed by atoms with Gasteiger partial charge in [-0.3, -0.25) is 4.79 Å². The normalized spacial score (nSPS) is 14.9. The monoisotopic (exact) mass is 162 g/mol. The second-order valence-electron chi connectivity index (χ2n) is 3.84. The fourth-order valence-electron chi connectivity index (χ4n) is 0.681. The first-order chi connectivity index (χ1) is 4.33. The van der Waals surface area contributed by atoms with E-state index in [-0.39, 0.29) is 16.6 Å². The third-order valence-corrected chi connectivity index (χ3v) is 1.69. The fourth-order valence-corrected chi connectivity index (χ4v) is 1.14. The van der Waals surface area contributed by atoms with E-state index in [9.17, 15) is 4.79 Å². The zero-order valence-electron chi connectivity index (χ0n) is 7.07. The zero-order valence-corrected chi connectivity index (χ0v) is 7.83. The van der Waals surface area contributed by atoms with E-state index in [1.807, 2.05) is 0 Å². The van der Waals surface area contributed by atoms with Gasteiger partial charge in [0.2, 0.25) is 0 Å². The quantitative estimate of drug-likeness (QED) is 0.571. The molecular weight excluding hydrogens is 148 g/mol. The molecule has 0 rings (SSSR count). The molecule has 0 fully saturated rings. The van der Waals surface area contributed by atoms with Crippen LogP contribution in [0.15, 0.2) is 0 Å². The lowest BCUT2D eigenvalue weighted by molar-refractivity contribution is -0.117. The van der Waals surface area contributed by atoms with Gasteiger partial charge in [0, 0.05) is 0 Å². The summed E-state index contributed by atoms with van der Waals surface area (Å²) >= 11 is 5.75. The topological polar surface area (TPSA) is 17.1 Å². The van der Waals surface area contributed by atoms with E-state index >= 15 is 0 Å². The van der Waals surface area contributed by atoms with Gasteiger partial charge >= 0.3 is 0 Å². The molecule has 0 spiro atoms. The highest BCUT2D eigenvalue weighted by Gasteiger charge is 2.19. The minimum absolute atomic E-state index is 0.0663. The number of hydrogen-bond acceptors (Lipinski definition) is 1. The Morgan fingerprint density at radius 1 is 1.50 bits per heavy atom. The summed E-state index contributed by atoms with van der Waals surface area (Å²) in [6, 6.07) is 0. The molecule has 1 nitrogen and oxygen atoms in total. The first kappa shape index (κ1) is 9.96. The van der Waals surface area contributed by atoms with Crippen LogP contribution < -0.4 is 0 Å². The number of ketones is 1. The van der Waals surface area contributed by atoms with Crippen LogP contribution in [0.25, 0.3) is 0 Å². The predicted molar refractivity (Wildman–Crippen MR) is 44.4 cm³/mol. The molecule has 0 bridgehead atoms. The van der Waals surface area contributed by atoms with Gasteiger partial charge in [0.25, 0.3) is 0 Å². The van der Waals surface area contributed by atoms with Crippen LogP contribution in [0.4, 0.5) is 0 Å². The molecule has 0 aliphatic carbocycles. The van der Waals surface area contributed by atoms with Crippen molar-refractivity contribution in [2.45, 2.75) is 39.5 Å². The Balaban J connectivity index is 3.80. The number of rotatable bonds is 2. The van der Waals surface area contributed by atoms with Gasteiger partial charge in [-0.1, -0.05) is 20.8 Å². The van der Waals surface area contributed by atoms with Crippen molar-refractivity contribution in [3.8, 4) is 0 Å². The van der Waals surface area contributed by atoms with Crippen molar-refractivity contribution in [2.75, 3.05) is 0 Å². The molecule has 0 aromatic rings. The van der Waals surface area contributed by atoms with Gasteiger partial charge in [-0.15, -0.1) is 11.6 Å². The van der Waals surface area contributed by atoms with Gasteiger partial charge in [-0.05, 0) is 18.8 Å². The Kier molecular flexibility index (Phi) is 3.37. The van der Waals surface area contributed by atoms with Gasteiger partial charge in [0.1, 0.15) is 5.78 Å². The molecule has 0 amide bonds. The molecule has 0 aromatic carbocycles. The van der Waals surface area contributed by atoms with Crippen LogP contribution in [0.3, 0.4) is 0 Å². The van der Waals surface area contributed by atoms with E-state index in [4.69, 9.17) is 11.6 Å². The van der Waals surface area contributed by atoms with Gasteiger partial charge in [-0.25, -0.2) is 0 Å². The van der Waals surface area contributed by atoms with Crippen LogP contribution in [-0.2, 0) is 4.79 Å². The highest BCUT2D eigenvalue weighted by atomic mass is 35.5. The average molecular weight is 163 g/mol. The molecule has 0 saturated carbocycles. The van der Waals surface area contributed by atoms with Crippen molar-refractivity contribution in [3.05, 3.63) is 0 Å². The SMILES string of the molecule is CC(=O)C(Cl)CC(C)(C)C. The van der Waals surface area contributed by atoms with E-state index < -0.39 is 0 Å². The Morgan fingerprint density at radius 2 is 1.90 bits per heavy atom. The van der Waals surface area contributed by atoms with Gasteiger partial charge in [-0.2, -0.15) is 0 Å². The van der Waals surface area contributed by atoms with E-state index in [1.54, 1.807) is 0 Å². The largest absolute Gasteiger partial charge is 0.298 e. The minimum atomic E-state index is -0.306. The van der Waals surface area contributed by atoms with E-state index in [0.717, 1.165) is 6.42 Å². The van der Waals surface area contributed by atoms with Crippen molar-refractivity contribution in [1.29, 1.82) is 0 Å². The van der Waals surface area contributed by atoms with Crippen molar-refractivity contribution in [1.82, 2.24) is 0 Å². The zero-order chi connectivity index (χ0) is 8.36. The maximum absolute atomic E-state index is 10.7. The lowest BCUT2D eigenvalue weighted by Crippen LogP contribution is -2.18. The van der Waals surface area contributed by atoms with Gasteiger partial charge in [0.15, 0.2) is 0 Å². The molecule has 0 radical (unpaired) electrons. The molecule has 2 heteroatoms. The number of Topliss-reactive ketones (excluding diaryl/α,β-unsaturated/α-hetero) is 1. The summed E-state index contributed by atoms with van der Waals surface area (Å²) in [4.78, 5) is 10.7. The van der Waals surface area contributed by atoms with Gasteiger partial charge < -0.3 is 0 Å². The number of halogens is 1. The lowest BCUT2D eigenvalue weighted by atomic mass is 9.89. The third kappa shape index (κ3) is 4.80. The summed E-state index contributed by atoms with van der Waals surface area (Å²) in [7, 11) is 0. The molecule has 0 aliphatic heterocycles. The number of carbonyl (C=O) groups excluding carboxylic acids is 1. The number of alkyl halides is 1. The third-order valence-electron chi connectivity index (χ3n) is 1.23. The molecule has 0 heterocycles. The summed E-state index contributed by atoms with van der Waals surface area (Å²) < 4.78 is 0. The van der Waals surface area contributed by atoms with Gasteiger partial charge in [0.05, 0.1) is 5.38 Å². The molecule has 1 unspecified atom stereocenters.